The molecular formula is C15H19IN2O3. The molecule has 2 heterocycles. The third-order valence-corrected chi connectivity index (χ3v) is 5.18. The summed E-state index contributed by atoms with van der Waals surface area (Å²) in [4.78, 5) is 13.1. The van der Waals surface area contributed by atoms with Crippen molar-refractivity contribution in [3.63, 3.8) is 0 Å². The maximum atomic E-state index is 11.2. The van der Waals surface area contributed by atoms with Gasteiger partial charge in [0, 0.05) is 29.3 Å². The van der Waals surface area contributed by atoms with Crippen molar-refractivity contribution in [1.29, 1.82) is 0 Å². The molecule has 6 heteroatoms. The van der Waals surface area contributed by atoms with Crippen LogP contribution in [-0.2, 0) is 4.74 Å². The summed E-state index contributed by atoms with van der Waals surface area (Å²) >= 11 is 2.12. The van der Waals surface area contributed by atoms with Crippen LogP contribution in [0.4, 0.5) is 11.4 Å². The van der Waals surface area contributed by atoms with E-state index in [0.29, 0.717) is 12.0 Å². The molecule has 3 rings (SSSR count). The Labute approximate surface area is 137 Å². The Hall–Kier alpha value is -0.890. The number of nitrogens with zero attached hydrogens (tertiary/aromatic N) is 2. The van der Waals surface area contributed by atoms with Crippen molar-refractivity contribution < 1.29 is 9.66 Å². The number of piperidine rings is 1. The highest BCUT2D eigenvalue weighted by Crippen LogP contribution is 2.35. The maximum Gasteiger partial charge on any atom is 0.293 e. The second kappa shape index (κ2) is 6.48. The molecule has 0 spiro atoms. The SMILES string of the molecule is O=[N+]([O-])c1cc(I)ccc1N1CCC(C2CCCO2)CC1. The molecule has 5 nitrogen and oxygen atoms in total. The molecule has 1 atom stereocenters. The van der Waals surface area contributed by atoms with Gasteiger partial charge in [-0.2, -0.15) is 0 Å². The van der Waals surface area contributed by atoms with Gasteiger partial charge in [-0.1, -0.05) is 0 Å². The standard InChI is InChI=1S/C15H19IN2O3/c16-12-3-4-13(14(10-12)18(19)20)17-7-5-11(6-8-17)15-2-1-9-21-15/h3-4,10-11,15H,1-2,5-9H2. The number of halogens is 1. The van der Waals surface area contributed by atoms with E-state index in [1.54, 1.807) is 6.07 Å². The Kier molecular flexibility index (Phi) is 4.63. The molecular weight excluding hydrogens is 383 g/mol. The monoisotopic (exact) mass is 402 g/mol. The van der Waals surface area contributed by atoms with Crippen molar-refractivity contribution in [2.24, 2.45) is 5.92 Å². The minimum Gasteiger partial charge on any atom is -0.378 e. The highest BCUT2D eigenvalue weighted by Gasteiger charge is 2.31. The van der Waals surface area contributed by atoms with Crippen molar-refractivity contribution in [3.8, 4) is 0 Å². The lowest BCUT2D eigenvalue weighted by Crippen LogP contribution is -2.38. The van der Waals surface area contributed by atoms with E-state index < -0.39 is 0 Å². The molecule has 1 aromatic carbocycles. The predicted molar refractivity (Wildman–Crippen MR) is 89.7 cm³/mol. The summed E-state index contributed by atoms with van der Waals surface area (Å²) in [6, 6.07) is 5.48. The first-order valence-corrected chi connectivity index (χ1v) is 8.53. The van der Waals surface area contributed by atoms with E-state index in [1.807, 2.05) is 12.1 Å². The van der Waals surface area contributed by atoms with E-state index in [-0.39, 0.29) is 10.6 Å². The molecule has 0 saturated carbocycles. The number of anilines is 1. The average Bonchev–Trinajstić information content (AvgIpc) is 3.01. The van der Waals surface area contributed by atoms with Gasteiger partial charge in [-0.25, -0.2) is 0 Å². The van der Waals surface area contributed by atoms with Gasteiger partial charge in [0.2, 0.25) is 0 Å². The number of benzene rings is 1. The minimum absolute atomic E-state index is 0.220. The highest BCUT2D eigenvalue weighted by atomic mass is 127. The van der Waals surface area contributed by atoms with E-state index >= 15 is 0 Å². The van der Waals surface area contributed by atoms with Crippen molar-refractivity contribution in [2.75, 3.05) is 24.6 Å². The van der Waals surface area contributed by atoms with E-state index in [4.69, 9.17) is 4.74 Å². The van der Waals surface area contributed by atoms with Gasteiger partial charge in [-0.05, 0) is 66.3 Å². The molecule has 0 aromatic heterocycles. The third kappa shape index (κ3) is 3.31. The molecule has 0 amide bonds. The fourth-order valence-electron chi connectivity index (χ4n) is 3.40. The second-order valence-corrected chi connectivity index (χ2v) is 7.01. The normalized spacial score (nSPS) is 23.5. The molecule has 2 fully saturated rings. The Bertz CT molecular complexity index is 524. The molecule has 0 bridgehead atoms. The quantitative estimate of drug-likeness (QED) is 0.441. The van der Waals surface area contributed by atoms with Gasteiger partial charge in [-0.3, -0.25) is 10.1 Å². The molecule has 2 saturated heterocycles. The van der Waals surface area contributed by atoms with Gasteiger partial charge in [0.15, 0.2) is 0 Å². The van der Waals surface area contributed by atoms with Gasteiger partial charge >= 0.3 is 0 Å². The zero-order chi connectivity index (χ0) is 14.8. The fraction of sp³-hybridized carbons (Fsp3) is 0.600. The Morgan fingerprint density at radius 1 is 1.29 bits per heavy atom. The summed E-state index contributed by atoms with van der Waals surface area (Å²) in [5, 5.41) is 11.2. The van der Waals surface area contributed by atoms with Gasteiger partial charge in [0.25, 0.3) is 5.69 Å². The summed E-state index contributed by atoms with van der Waals surface area (Å²) in [7, 11) is 0. The van der Waals surface area contributed by atoms with Crippen LogP contribution in [0.15, 0.2) is 18.2 Å². The summed E-state index contributed by atoms with van der Waals surface area (Å²) in [5.41, 5.74) is 0.976. The molecule has 0 aliphatic carbocycles. The van der Waals surface area contributed by atoms with Crippen LogP contribution in [0, 0.1) is 19.6 Å². The second-order valence-electron chi connectivity index (χ2n) is 5.77. The molecule has 114 valence electrons. The first kappa shape index (κ1) is 15.0. The number of ether oxygens (including phenoxy) is 1. The number of nitro groups is 1. The van der Waals surface area contributed by atoms with E-state index in [0.717, 1.165) is 41.8 Å². The van der Waals surface area contributed by atoms with Gasteiger partial charge in [-0.15, -0.1) is 0 Å². The molecule has 0 N–H and O–H groups in total. The minimum atomic E-state index is -0.274. The zero-order valence-corrected chi connectivity index (χ0v) is 14.0. The number of hydrogen-bond acceptors (Lipinski definition) is 4. The van der Waals surface area contributed by atoms with E-state index in [1.165, 1.54) is 12.8 Å². The summed E-state index contributed by atoms with van der Waals surface area (Å²) in [5.74, 6) is 0.617. The molecule has 2 aliphatic heterocycles. The number of rotatable bonds is 3. The lowest BCUT2D eigenvalue weighted by atomic mass is 9.89. The van der Waals surface area contributed by atoms with Crippen LogP contribution in [0.3, 0.4) is 0 Å². The first-order valence-electron chi connectivity index (χ1n) is 7.45. The van der Waals surface area contributed by atoms with Crippen LogP contribution in [0.1, 0.15) is 25.7 Å². The molecule has 21 heavy (non-hydrogen) atoms. The van der Waals surface area contributed by atoms with Gasteiger partial charge in [0.05, 0.1) is 11.0 Å². The van der Waals surface area contributed by atoms with Crippen LogP contribution in [0.5, 0.6) is 0 Å². The van der Waals surface area contributed by atoms with Crippen molar-refractivity contribution in [2.45, 2.75) is 31.8 Å². The zero-order valence-electron chi connectivity index (χ0n) is 11.8. The van der Waals surface area contributed by atoms with Crippen molar-refractivity contribution in [3.05, 3.63) is 31.9 Å². The van der Waals surface area contributed by atoms with Crippen LogP contribution in [-0.4, -0.2) is 30.7 Å². The van der Waals surface area contributed by atoms with Gasteiger partial charge < -0.3 is 9.64 Å². The van der Waals surface area contributed by atoms with Crippen molar-refractivity contribution >= 4 is 34.0 Å². The maximum absolute atomic E-state index is 11.2. The summed E-state index contributed by atoms with van der Waals surface area (Å²) in [6.45, 7) is 2.66. The Morgan fingerprint density at radius 2 is 2.05 bits per heavy atom. The van der Waals surface area contributed by atoms with Crippen LogP contribution < -0.4 is 4.90 Å². The molecule has 1 unspecified atom stereocenters. The molecule has 2 aliphatic rings. The van der Waals surface area contributed by atoms with Crippen LogP contribution in [0.25, 0.3) is 0 Å². The third-order valence-electron chi connectivity index (χ3n) is 4.51. The van der Waals surface area contributed by atoms with Crippen molar-refractivity contribution in [1.82, 2.24) is 0 Å². The highest BCUT2D eigenvalue weighted by molar-refractivity contribution is 14.1. The summed E-state index contributed by atoms with van der Waals surface area (Å²) in [6.07, 6.45) is 4.89. The lowest BCUT2D eigenvalue weighted by molar-refractivity contribution is -0.384. The number of nitro benzene ring substituents is 1. The smallest absolute Gasteiger partial charge is 0.293 e. The van der Waals surface area contributed by atoms with Crippen LogP contribution in [0.2, 0.25) is 0 Å². The van der Waals surface area contributed by atoms with E-state index in [9.17, 15) is 10.1 Å². The number of hydrogen-bond donors (Lipinski definition) is 0. The van der Waals surface area contributed by atoms with Crippen LogP contribution >= 0.6 is 22.6 Å². The average molecular weight is 402 g/mol. The molecule has 0 radical (unpaired) electrons. The first-order chi connectivity index (χ1) is 10.1. The Morgan fingerprint density at radius 3 is 2.67 bits per heavy atom. The lowest BCUT2D eigenvalue weighted by Gasteiger charge is -2.35. The largest absolute Gasteiger partial charge is 0.378 e. The van der Waals surface area contributed by atoms with E-state index in [2.05, 4.69) is 27.5 Å². The van der Waals surface area contributed by atoms with Gasteiger partial charge in [0.1, 0.15) is 5.69 Å². The Balaban J connectivity index is 1.70. The topological polar surface area (TPSA) is 55.6 Å². The predicted octanol–water partition coefficient (Wildman–Crippen LogP) is 3.59. The summed E-state index contributed by atoms with van der Waals surface area (Å²) < 4.78 is 6.68. The molecule has 1 aromatic rings. The fourth-order valence-corrected chi connectivity index (χ4v) is 3.87.